The minimum absolute atomic E-state index is 0.00802. The van der Waals surface area contributed by atoms with Crippen LogP contribution in [-0.2, 0) is 28.1 Å². The number of ether oxygens (including phenoxy) is 1. The number of carbonyl (C=O) groups excluding carboxylic acids is 2. The van der Waals surface area contributed by atoms with E-state index < -0.39 is 21.6 Å². The topological polar surface area (TPSA) is 117 Å². The van der Waals surface area contributed by atoms with Crippen LogP contribution in [0.5, 0.6) is 5.88 Å². The quantitative estimate of drug-likeness (QED) is 0.419. The standard InChI is InChI=1S/C23H19N3O6S/c1-26-22(32-23(28)13-6-4-3-5-7-13)17(11-24-26)21(27)15-8-9-18(33(2,29)30)19-16(15)10-14-12-31-25-20(14)19/h3-9,11,14H,10,12H2,1-2H3. The van der Waals surface area contributed by atoms with E-state index in [1.165, 1.54) is 23.0 Å². The number of esters is 1. The normalized spacial score (nSPS) is 16.5. The van der Waals surface area contributed by atoms with E-state index in [0.29, 0.717) is 41.0 Å². The zero-order valence-electron chi connectivity index (χ0n) is 17.8. The van der Waals surface area contributed by atoms with Crippen molar-refractivity contribution in [1.82, 2.24) is 9.78 Å². The Kier molecular flexibility index (Phi) is 4.89. The minimum Gasteiger partial charge on any atom is -0.403 e. The third-order valence-electron chi connectivity index (χ3n) is 5.78. The number of benzene rings is 2. The molecular weight excluding hydrogens is 446 g/mol. The van der Waals surface area contributed by atoms with Gasteiger partial charge in [-0.2, -0.15) is 5.10 Å². The lowest BCUT2D eigenvalue weighted by atomic mass is 9.96. The smallest absolute Gasteiger partial charge is 0.344 e. The molecule has 2 aromatic carbocycles. The fraction of sp³-hybridized carbons (Fsp3) is 0.217. The van der Waals surface area contributed by atoms with Crippen LogP contribution in [-0.4, -0.2) is 48.5 Å². The highest BCUT2D eigenvalue weighted by molar-refractivity contribution is 7.90. The van der Waals surface area contributed by atoms with E-state index in [1.54, 1.807) is 37.4 Å². The maximum Gasteiger partial charge on any atom is 0.344 e. The number of fused-ring (bicyclic) bond motifs is 3. The Morgan fingerprint density at radius 3 is 2.61 bits per heavy atom. The monoisotopic (exact) mass is 465 g/mol. The molecule has 0 amide bonds. The predicted octanol–water partition coefficient (Wildman–Crippen LogP) is 2.18. The van der Waals surface area contributed by atoms with E-state index in [1.807, 2.05) is 0 Å². The highest BCUT2D eigenvalue weighted by atomic mass is 32.2. The molecule has 0 saturated carbocycles. The molecule has 0 fully saturated rings. The summed E-state index contributed by atoms with van der Waals surface area (Å²) in [6.45, 7) is 0.327. The summed E-state index contributed by atoms with van der Waals surface area (Å²) in [7, 11) is -1.99. The van der Waals surface area contributed by atoms with Crippen LogP contribution in [0.4, 0.5) is 0 Å². The van der Waals surface area contributed by atoms with Crippen molar-refractivity contribution in [2.24, 2.45) is 18.1 Å². The van der Waals surface area contributed by atoms with Gasteiger partial charge in [-0.3, -0.25) is 4.79 Å². The van der Waals surface area contributed by atoms with Crippen LogP contribution >= 0.6 is 0 Å². The first-order valence-corrected chi connectivity index (χ1v) is 12.0. The van der Waals surface area contributed by atoms with Crippen molar-refractivity contribution >= 4 is 27.3 Å². The lowest BCUT2D eigenvalue weighted by Crippen LogP contribution is -2.15. The highest BCUT2D eigenvalue weighted by Crippen LogP contribution is 2.38. The van der Waals surface area contributed by atoms with Gasteiger partial charge in [-0.1, -0.05) is 23.4 Å². The Bertz CT molecular complexity index is 1440. The van der Waals surface area contributed by atoms with Crippen LogP contribution in [0, 0.1) is 5.92 Å². The maximum atomic E-state index is 13.6. The number of rotatable bonds is 5. The highest BCUT2D eigenvalue weighted by Gasteiger charge is 2.40. The summed E-state index contributed by atoms with van der Waals surface area (Å²) in [4.78, 5) is 31.4. The number of carbonyl (C=O) groups is 2. The Balaban J connectivity index is 1.57. The zero-order valence-corrected chi connectivity index (χ0v) is 18.6. The molecule has 1 atom stereocenters. The number of ketones is 1. The molecule has 1 aliphatic heterocycles. The van der Waals surface area contributed by atoms with Gasteiger partial charge in [0.2, 0.25) is 5.88 Å². The molecule has 3 aromatic rings. The van der Waals surface area contributed by atoms with E-state index in [-0.39, 0.29) is 22.3 Å². The Labute approximate surface area is 189 Å². The van der Waals surface area contributed by atoms with Gasteiger partial charge >= 0.3 is 5.97 Å². The molecule has 1 aliphatic carbocycles. The number of aromatic nitrogens is 2. The SMILES string of the molecule is Cn1ncc(C(=O)c2ccc(S(C)(=O)=O)c3c2CC2CON=C32)c1OC(=O)c1ccccc1. The molecule has 10 heteroatoms. The van der Waals surface area contributed by atoms with Gasteiger partial charge in [-0.15, -0.1) is 0 Å². The summed E-state index contributed by atoms with van der Waals surface area (Å²) in [6.07, 6.45) is 2.89. The third kappa shape index (κ3) is 3.52. The van der Waals surface area contributed by atoms with Crippen molar-refractivity contribution < 1.29 is 27.6 Å². The number of hydrogen-bond donors (Lipinski definition) is 0. The van der Waals surface area contributed by atoms with Crippen molar-refractivity contribution in [1.29, 1.82) is 0 Å². The van der Waals surface area contributed by atoms with Crippen LogP contribution in [0.1, 0.15) is 37.4 Å². The minimum atomic E-state index is -3.56. The molecule has 0 spiro atoms. The van der Waals surface area contributed by atoms with Crippen molar-refractivity contribution in [3.05, 3.63) is 76.5 Å². The fourth-order valence-electron chi connectivity index (χ4n) is 4.21. The maximum absolute atomic E-state index is 13.6. The van der Waals surface area contributed by atoms with Gasteiger partial charge < -0.3 is 9.57 Å². The number of oxime groups is 1. The van der Waals surface area contributed by atoms with Gasteiger partial charge in [0, 0.05) is 30.3 Å². The largest absolute Gasteiger partial charge is 0.403 e. The van der Waals surface area contributed by atoms with Crippen molar-refractivity contribution in [3.8, 4) is 5.88 Å². The number of nitrogens with zero attached hydrogens (tertiary/aromatic N) is 3. The van der Waals surface area contributed by atoms with Crippen molar-refractivity contribution in [2.45, 2.75) is 11.3 Å². The van der Waals surface area contributed by atoms with Gasteiger partial charge in [-0.25, -0.2) is 17.9 Å². The van der Waals surface area contributed by atoms with Crippen LogP contribution < -0.4 is 4.74 Å². The summed E-state index contributed by atoms with van der Waals surface area (Å²) in [5.74, 6) is -1.14. The Hall–Kier alpha value is -3.79. The average Bonchev–Trinajstić information content (AvgIpc) is 3.48. The summed E-state index contributed by atoms with van der Waals surface area (Å²) < 4.78 is 31.6. The molecule has 1 unspecified atom stereocenters. The van der Waals surface area contributed by atoms with Crippen LogP contribution in [0.2, 0.25) is 0 Å². The van der Waals surface area contributed by atoms with E-state index >= 15 is 0 Å². The van der Waals surface area contributed by atoms with Crippen molar-refractivity contribution in [3.63, 3.8) is 0 Å². The lowest BCUT2D eigenvalue weighted by molar-refractivity contribution is 0.0718. The van der Waals surface area contributed by atoms with Crippen LogP contribution in [0.25, 0.3) is 0 Å². The van der Waals surface area contributed by atoms with Crippen LogP contribution in [0.3, 0.4) is 0 Å². The molecule has 9 nitrogen and oxygen atoms in total. The van der Waals surface area contributed by atoms with E-state index in [4.69, 9.17) is 9.57 Å². The molecule has 5 rings (SSSR count). The molecule has 168 valence electrons. The van der Waals surface area contributed by atoms with Gasteiger partial charge in [0.25, 0.3) is 0 Å². The molecule has 0 N–H and O–H groups in total. The molecular formula is C23H19N3O6S. The Morgan fingerprint density at radius 2 is 1.88 bits per heavy atom. The lowest BCUT2D eigenvalue weighted by Gasteiger charge is -2.12. The van der Waals surface area contributed by atoms with Gasteiger partial charge in [0.15, 0.2) is 15.6 Å². The van der Waals surface area contributed by atoms with Crippen LogP contribution in [0.15, 0.2) is 58.7 Å². The molecule has 2 heterocycles. The molecule has 33 heavy (non-hydrogen) atoms. The van der Waals surface area contributed by atoms with E-state index in [0.717, 1.165) is 6.26 Å². The summed E-state index contributed by atoms with van der Waals surface area (Å²) in [5.41, 5.74) is 2.32. The second-order valence-corrected chi connectivity index (χ2v) is 9.97. The first-order valence-electron chi connectivity index (χ1n) is 10.2. The first-order chi connectivity index (χ1) is 15.8. The molecule has 0 saturated heterocycles. The van der Waals surface area contributed by atoms with E-state index in [9.17, 15) is 18.0 Å². The summed E-state index contributed by atoms with van der Waals surface area (Å²) in [5, 5.41) is 8.13. The summed E-state index contributed by atoms with van der Waals surface area (Å²) in [6, 6.07) is 11.3. The summed E-state index contributed by atoms with van der Waals surface area (Å²) >= 11 is 0. The predicted molar refractivity (Wildman–Crippen MR) is 117 cm³/mol. The van der Waals surface area contributed by atoms with Crippen molar-refractivity contribution in [2.75, 3.05) is 12.9 Å². The number of aryl methyl sites for hydroxylation is 1. The Morgan fingerprint density at radius 1 is 1.12 bits per heavy atom. The first kappa shape index (κ1) is 21.1. The fourth-order valence-corrected chi connectivity index (χ4v) is 5.13. The molecule has 1 aromatic heterocycles. The number of hydrogen-bond acceptors (Lipinski definition) is 8. The molecule has 0 radical (unpaired) electrons. The van der Waals surface area contributed by atoms with Gasteiger partial charge in [0.1, 0.15) is 12.2 Å². The second-order valence-electron chi connectivity index (χ2n) is 7.98. The molecule has 0 bridgehead atoms. The van der Waals surface area contributed by atoms with Gasteiger partial charge in [0.05, 0.1) is 22.4 Å². The van der Waals surface area contributed by atoms with E-state index in [2.05, 4.69) is 10.3 Å². The van der Waals surface area contributed by atoms with Gasteiger partial charge in [-0.05, 0) is 36.2 Å². The zero-order chi connectivity index (χ0) is 23.3. The average molecular weight is 465 g/mol. The second kappa shape index (κ2) is 7.66. The third-order valence-corrected chi connectivity index (χ3v) is 6.92. The molecule has 2 aliphatic rings. The number of sulfone groups is 1.